The Morgan fingerprint density at radius 2 is 1.86 bits per heavy atom. The highest BCUT2D eigenvalue weighted by Gasteiger charge is 1.93. The highest BCUT2D eigenvalue weighted by Crippen LogP contribution is 2.09. The van der Waals surface area contributed by atoms with Gasteiger partial charge in [-0.1, -0.05) is 28.1 Å². The number of halogens is 1. The fourth-order valence-electron chi connectivity index (χ4n) is 1.14. The summed E-state index contributed by atoms with van der Waals surface area (Å²) in [6.45, 7) is 3.06. The van der Waals surface area contributed by atoms with Crippen LogP contribution in [0.15, 0.2) is 28.7 Å². The Morgan fingerprint density at radius 3 is 2.43 bits per heavy atom. The summed E-state index contributed by atoms with van der Waals surface area (Å²) < 4.78 is 1.13. The third-order valence-corrected chi connectivity index (χ3v) is 2.51. The predicted molar refractivity (Wildman–Crippen MR) is 64.4 cm³/mol. The molecule has 0 aromatic heterocycles. The Labute approximate surface area is 94.4 Å². The molecular weight excluding hydrogens is 240 g/mol. The Bertz CT molecular complexity index is 256. The SMILES string of the molecule is CN(C)CCNCc1ccc(Br)cc1. The zero-order valence-electron chi connectivity index (χ0n) is 8.76. The van der Waals surface area contributed by atoms with Crippen molar-refractivity contribution in [1.29, 1.82) is 0 Å². The molecule has 0 aliphatic carbocycles. The van der Waals surface area contributed by atoms with Gasteiger partial charge in [-0.15, -0.1) is 0 Å². The minimum atomic E-state index is 0.946. The Balaban J connectivity index is 2.21. The van der Waals surface area contributed by atoms with Crippen molar-refractivity contribution in [1.82, 2.24) is 10.2 Å². The number of nitrogens with zero attached hydrogens (tertiary/aromatic N) is 1. The zero-order valence-corrected chi connectivity index (χ0v) is 10.3. The normalized spacial score (nSPS) is 10.9. The molecule has 0 unspecified atom stereocenters. The first-order valence-corrected chi connectivity index (χ1v) is 5.57. The molecule has 0 bridgehead atoms. The Morgan fingerprint density at radius 1 is 1.21 bits per heavy atom. The Hall–Kier alpha value is -0.380. The summed E-state index contributed by atoms with van der Waals surface area (Å²) in [6.07, 6.45) is 0. The van der Waals surface area contributed by atoms with Crippen LogP contribution in [-0.4, -0.2) is 32.1 Å². The van der Waals surface area contributed by atoms with E-state index in [1.165, 1.54) is 5.56 Å². The number of nitrogens with one attached hydrogen (secondary N) is 1. The molecule has 0 aliphatic heterocycles. The number of hydrogen-bond donors (Lipinski definition) is 1. The summed E-state index contributed by atoms with van der Waals surface area (Å²) in [5.74, 6) is 0. The van der Waals surface area contributed by atoms with Crippen LogP contribution in [0.5, 0.6) is 0 Å². The fourth-order valence-corrected chi connectivity index (χ4v) is 1.40. The molecule has 1 aromatic carbocycles. The molecule has 78 valence electrons. The van der Waals surface area contributed by atoms with Crippen molar-refractivity contribution < 1.29 is 0 Å². The molecule has 0 spiro atoms. The van der Waals surface area contributed by atoms with E-state index in [1.807, 2.05) is 0 Å². The van der Waals surface area contributed by atoms with Crippen molar-refractivity contribution >= 4 is 15.9 Å². The lowest BCUT2D eigenvalue weighted by molar-refractivity contribution is 0.400. The molecule has 0 atom stereocenters. The largest absolute Gasteiger partial charge is 0.311 e. The average Bonchev–Trinajstić information content (AvgIpc) is 2.15. The number of hydrogen-bond acceptors (Lipinski definition) is 2. The molecule has 0 radical (unpaired) electrons. The van der Waals surface area contributed by atoms with Crippen LogP contribution < -0.4 is 5.32 Å². The smallest absolute Gasteiger partial charge is 0.0206 e. The molecule has 0 saturated carbocycles. The highest BCUT2D eigenvalue weighted by molar-refractivity contribution is 9.10. The summed E-state index contributed by atoms with van der Waals surface area (Å²) >= 11 is 3.42. The lowest BCUT2D eigenvalue weighted by Gasteiger charge is -2.10. The maximum absolute atomic E-state index is 3.42. The quantitative estimate of drug-likeness (QED) is 0.813. The average molecular weight is 257 g/mol. The molecule has 14 heavy (non-hydrogen) atoms. The molecule has 0 amide bonds. The van der Waals surface area contributed by atoms with Crippen LogP contribution >= 0.6 is 15.9 Å². The first kappa shape index (κ1) is 11.7. The zero-order chi connectivity index (χ0) is 10.4. The van der Waals surface area contributed by atoms with Gasteiger partial charge in [-0.3, -0.25) is 0 Å². The van der Waals surface area contributed by atoms with Gasteiger partial charge in [-0.05, 0) is 31.8 Å². The van der Waals surface area contributed by atoms with E-state index in [0.717, 1.165) is 24.1 Å². The topological polar surface area (TPSA) is 15.3 Å². The van der Waals surface area contributed by atoms with Gasteiger partial charge in [0.2, 0.25) is 0 Å². The van der Waals surface area contributed by atoms with Gasteiger partial charge >= 0.3 is 0 Å². The van der Waals surface area contributed by atoms with Crippen molar-refractivity contribution in [3.63, 3.8) is 0 Å². The number of likely N-dealkylation sites (N-methyl/N-ethyl adjacent to an activating group) is 1. The first-order valence-electron chi connectivity index (χ1n) is 4.78. The van der Waals surface area contributed by atoms with E-state index in [0.29, 0.717) is 0 Å². The number of benzene rings is 1. The van der Waals surface area contributed by atoms with E-state index in [2.05, 4.69) is 64.5 Å². The molecule has 0 aliphatic rings. The van der Waals surface area contributed by atoms with Crippen molar-refractivity contribution in [2.24, 2.45) is 0 Å². The molecule has 2 nitrogen and oxygen atoms in total. The highest BCUT2D eigenvalue weighted by atomic mass is 79.9. The van der Waals surface area contributed by atoms with E-state index in [9.17, 15) is 0 Å². The lowest BCUT2D eigenvalue weighted by Crippen LogP contribution is -2.26. The summed E-state index contributed by atoms with van der Waals surface area (Å²) in [6, 6.07) is 8.41. The second-order valence-electron chi connectivity index (χ2n) is 3.61. The van der Waals surface area contributed by atoms with Crippen LogP contribution in [0.1, 0.15) is 5.56 Å². The van der Waals surface area contributed by atoms with Gasteiger partial charge in [-0.2, -0.15) is 0 Å². The monoisotopic (exact) mass is 256 g/mol. The molecule has 1 rings (SSSR count). The molecule has 1 aromatic rings. The molecule has 1 N–H and O–H groups in total. The third-order valence-electron chi connectivity index (χ3n) is 1.98. The van der Waals surface area contributed by atoms with Gasteiger partial charge in [0.25, 0.3) is 0 Å². The summed E-state index contributed by atoms with van der Waals surface area (Å²) in [7, 11) is 4.17. The minimum Gasteiger partial charge on any atom is -0.311 e. The van der Waals surface area contributed by atoms with Crippen LogP contribution in [0.25, 0.3) is 0 Å². The maximum atomic E-state index is 3.42. The lowest BCUT2D eigenvalue weighted by atomic mass is 10.2. The van der Waals surface area contributed by atoms with Crippen molar-refractivity contribution in [3.05, 3.63) is 34.3 Å². The van der Waals surface area contributed by atoms with Crippen LogP contribution in [0, 0.1) is 0 Å². The standard InChI is InChI=1S/C11H17BrN2/c1-14(2)8-7-13-9-10-3-5-11(12)6-4-10/h3-6,13H,7-9H2,1-2H3. The molecule has 0 fully saturated rings. The van der Waals surface area contributed by atoms with E-state index in [-0.39, 0.29) is 0 Å². The van der Waals surface area contributed by atoms with Crippen LogP contribution in [0.2, 0.25) is 0 Å². The van der Waals surface area contributed by atoms with Crippen LogP contribution in [0.4, 0.5) is 0 Å². The van der Waals surface area contributed by atoms with E-state index in [4.69, 9.17) is 0 Å². The van der Waals surface area contributed by atoms with E-state index >= 15 is 0 Å². The van der Waals surface area contributed by atoms with Gasteiger partial charge < -0.3 is 10.2 Å². The number of rotatable bonds is 5. The molecule has 0 heterocycles. The van der Waals surface area contributed by atoms with Crippen molar-refractivity contribution in [3.8, 4) is 0 Å². The summed E-state index contributed by atoms with van der Waals surface area (Å²) in [5, 5.41) is 3.40. The van der Waals surface area contributed by atoms with E-state index < -0.39 is 0 Å². The second kappa shape index (κ2) is 6.17. The van der Waals surface area contributed by atoms with Gasteiger partial charge in [0.1, 0.15) is 0 Å². The summed E-state index contributed by atoms with van der Waals surface area (Å²) in [4.78, 5) is 2.18. The van der Waals surface area contributed by atoms with Gasteiger partial charge in [0, 0.05) is 24.1 Å². The second-order valence-corrected chi connectivity index (χ2v) is 4.52. The fraction of sp³-hybridized carbons (Fsp3) is 0.455. The van der Waals surface area contributed by atoms with Crippen LogP contribution in [-0.2, 0) is 6.54 Å². The Kier molecular flexibility index (Phi) is 5.15. The molecule has 3 heteroatoms. The maximum Gasteiger partial charge on any atom is 0.0206 e. The minimum absolute atomic E-state index is 0.946. The van der Waals surface area contributed by atoms with E-state index in [1.54, 1.807) is 0 Å². The van der Waals surface area contributed by atoms with Gasteiger partial charge in [0.05, 0.1) is 0 Å². The molecule has 0 saturated heterocycles. The summed E-state index contributed by atoms with van der Waals surface area (Å²) in [5.41, 5.74) is 1.33. The van der Waals surface area contributed by atoms with Crippen molar-refractivity contribution in [2.45, 2.75) is 6.54 Å². The van der Waals surface area contributed by atoms with Crippen molar-refractivity contribution in [2.75, 3.05) is 27.2 Å². The van der Waals surface area contributed by atoms with Gasteiger partial charge in [0.15, 0.2) is 0 Å². The first-order chi connectivity index (χ1) is 6.68. The molecular formula is C11H17BrN2. The third kappa shape index (κ3) is 4.74. The predicted octanol–water partition coefficient (Wildman–Crippen LogP) is 2.10. The van der Waals surface area contributed by atoms with Gasteiger partial charge in [-0.25, -0.2) is 0 Å². The van der Waals surface area contributed by atoms with Crippen LogP contribution in [0.3, 0.4) is 0 Å².